The highest BCUT2D eigenvalue weighted by Crippen LogP contribution is 2.33. The van der Waals surface area contributed by atoms with Gasteiger partial charge in [0.2, 0.25) is 6.10 Å². The Balaban J connectivity index is 1.50. The third kappa shape index (κ3) is 4.50. The van der Waals surface area contributed by atoms with Crippen molar-refractivity contribution >= 4 is 45.8 Å². The minimum absolute atomic E-state index is 0.0533. The van der Waals surface area contributed by atoms with Gasteiger partial charge in [0.1, 0.15) is 5.02 Å². The van der Waals surface area contributed by atoms with Crippen LogP contribution in [0.15, 0.2) is 72.8 Å². The molecule has 1 aliphatic carbocycles. The Kier molecular flexibility index (Phi) is 6.35. The van der Waals surface area contributed by atoms with Gasteiger partial charge in [-0.1, -0.05) is 60.1 Å². The molecule has 0 fully saturated rings. The van der Waals surface area contributed by atoms with Crippen LogP contribution in [-0.2, 0) is 22.4 Å². The Labute approximate surface area is 211 Å². The van der Waals surface area contributed by atoms with E-state index in [2.05, 4.69) is 5.32 Å². The quantitative estimate of drug-likeness (QED) is 0.202. The van der Waals surface area contributed by atoms with Gasteiger partial charge in [-0.2, -0.15) is 0 Å². The summed E-state index contributed by atoms with van der Waals surface area (Å²) in [7, 11) is 0. The van der Waals surface area contributed by atoms with E-state index < -0.39 is 22.9 Å². The number of pyridine rings is 1. The van der Waals surface area contributed by atoms with E-state index in [4.69, 9.17) is 21.3 Å². The summed E-state index contributed by atoms with van der Waals surface area (Å²) < 4.78 is 5.85. The van der Waals surface area contributed by atoms with Crippen LogP contribution >= 0.6 is 11.6 Å². The lowest BCUT2D eigenvalue weighted by molar-refractivity contribution is -0.384. The number of fused-ring (bicyclic) bond motifs is 2. The van der Waals surface area contributed by atoms with Crippen molar-refractivity contribution in [1.82, 2.24) is 4.98 Å². The molecule has 1 heterocycles. The fourth-order valence-electron chi connectivity index (χ4n) is 4.45. The minimum atomic E-state index is -1.29. The molecule has 180 valence electrons. The number of benzene rings is 3. The van der Waals surface area contributed by atoms with Crippen molar-refractivity contribution in [2.75, 3.05) is 5.32 Å². The van der Waals surface area contributed by atoms with Crippen molar-refractivity contribution < 1.29 is 19.2 Å². The van der Waals surface area contributed by atoms with Gasteiger partial charge >= 0.3 is 5.97 Å². The first-order valence-electron chi connectivity index (χ1n) is 11.3. The zero-order chi connectivity index (χ0) is 25.2. The molecule has 1 aromatic heterocycles. The lowest BCUT2D eigenvalue weighted by Gasteiger charge is -2.20. The Hall–Kier alpha value is -4.30. The fourth-order valence-corrected chi connectivity index (χ4v) is 4.64. The van der Waals surface area contributed by atoms with Crippen LogP contribution in [0.25, 0.3) is 10.9 Å². The normalized spacial score (nSPS) is 13.1. The van der Waals surface area contributed by atoms with Crippen molar-refractivity contribution in [2.45, 2.75) is 25.4 Å². The summed E-state index contributed by atoms with van der Waals surface area (Å²) in [5, 5.41) is 14.5. The maximum Gasteiger partial charge on any atom is 0.340 e. The monoisotopic (exact) mass is 501 g/mol. The number of rotatable bonds is 6. The minimum Gasteiger partial charge on any atom is -0.444 e. The average molecular weight is 502 g/mol. The number of ether oxygens (including phenoxy) is 1. The number of para-hydroxylation sites is 1. The second kappa shape index (κ2) is 9.75. The predicted molar refractivity (Wildman–Crippen MR) is 135 cm³/mol. The van der Waals surface area contributed by atoms with Crippen molar-refractivity contribution in [1.29, 1.82) is 0 Å². The number of hydrogen-bond donors (Lipinski definition) is 1. The molecule has 1 aliphatic rings. The number of nitro groups is 1. The maximum absolute atomic E-state index is 13.6. The molecule has 9 heteroatoms. The van der Waals surface area contributed by atoms with Gasteiger partial charge in [0, 0.05) is 28.4 Å². The topological polar surface area (TPSA) is 111 Å². The molecule has 8 nitrogen and oxygen atoms in total. The molecule has 0 saturated carbocycles. The smallest absolute Gasteiger partial charge is 0.340 e. The number of nitro benzene ring substituents is 1. The van der Waals surface area contributed by atoms with Crippen LogP contribution in [-0.4, -0.2) is 21.8 Å². The van der Waals surface area contributed by atoms with E-state index in [1.807, 2.05) is 24.3 Å². The van der Waals surface area contributed by atoms with Crippen LogP contribution in [0, 0.1) is 10.1 Å². The first-order valence-corrected chi connectivity index (χ1v) is 11.7. The fraction of sp³-hybridized carbons (Fsp3) is 0.148. The molecule has 0 aliphatic heterocycles. The highest BCUT2D eigenvalue weighted by Gasteiger charge is 2.30. The number of esters is 1. The van der Waals surface area contributed by atoms with Crippen molar-refractivity contribution in [2.24, 2.45) is 0 Å². The van der Waals surface area contributed by atoms with E-state index in [1.54, 1.807) is 30.3 Å². The summed E-state index contributed by atoms with van der Waals surface area (Å²) in [5.41, 5.74) is 3.10. The number of carbonyl (C=O) groups is 2. The van der Waals surface area contributed by atoms with Crippen LogP contribution in [0.4, 0.5) is 11.4 Å². The molecule has 1 N–H and O–H groups in total. The molecule has 0 spiro atoms. The van der Waals surface area contributed by atoms with Crippen LogP contribution in [0.3, 0.4) is 0 Å². The Morgan fingerprint density at radius 3 is 2.56 bits per heavy atom. The number of anilines is 1. The van der Waals surface area contributed by atoms with Gasteiger partial charge in [0.25, 0.3) is 11.6 Å². The van der Waals surface area contributed by atoms with Crippen LogP contribution in [0.2, 0.25) is 5.02 Å². The van der Waals surface area contributed by atoms with Gasteiger partial charge in [-0.15, -0.1) is 0 Å². The summed E-state index contributed by atoms with van der Waals surface area (Å²) in [6.07, 6.45) is 1.07. The number of carbonyl (C=O) groups excluding carboxylic acids is 2. The average Bonchev–Trinajstić information content (AvgIpc) is 3.35. The highest BCUT2D eigenvalue weighted by molar-refractivity contribution is 6.32. The largest absolute Gasteiger partial charge is 0.444 e. The van der Waals surface area contributed by atoms with Gasteiger partial charge < -0.3 is 10.1 Å². The summed E-state index contributed by atoms with van der Waals surface area (Å²) in [5.74, 6) is -1.28. The van der Waals surface area contributed by atoms with Gasteiger partial charge in [-0.05, 0) is 43.0 Å². The number of hydrogen-bond acceptors (Lipinski definition) is 6. The molecule has 1 atom stereocenters. The lowest BCUT2D eigenvalue weighted by Crippen LogP contribution is -2.26. The number of nitrogens with zero attached hydrogens (tertiary/aromatic N) is 2. The van der Waals surface area contributed by atoms with Gasteiger partial charge in [-0.25, -0.2) is 4.79 Å². The number of aryl methyl sites for hydroxylation is 1. The summed E-state index contributed by atoms with van der Waals surface area (Å²) in [6, 6.07) is 19.9. The maximum atomic E-state index is 13.6. The van der Waals surface area contributed by atoms with E-state index >= 15 is 0 Å². The second-order valence-electron chi connectivity index (χ2n) is 8.39. The van der Waals surface area contributed by atoms with E-state index in [0.29, 0.717) is 28.5 Å². The molecule has 4 aromatic rings. The van der Waals surface area contributed by atoms with Crippen molar-refractivity contribution in [3.05, 3.63) is 110 Å². The van der Waals surface area contributed by atoms with E-state index in [1.165, 1.54) is 12.1 Å². The molecular weight excluding hydrogens is 482 g/mol. The van der Waals surface area contributed by atoms with Crippen molar-refractivity contribution in [3.8, 4) is 0 Å². The summed E-state index contributed by atoms with van der Waals surface area (Å²) in [4.78, 5) is 42.3. The first kappa shape index (κ1) is 23.4. The van der Waals surface area contributed by atoms with E-state index in [9.17, 15) is 19.7 Å². The highest BCUT2D eigenvalue weighted by atomic mass is 35.5. The Morgan fingerprint density at radius 1 is 1.03 bits per heavy atom. The second-order valence-corrected chi connectivity index (χ2v) is 8.80. The molecular formula is C27H20ClN3O5. The summed E-state index contributed by atoms with van der Waals surface area (Å²) >= 11 is 5.89. The zero-order valence-electron chi connectivity index (χ0n) is 18.9. The molecule has 3 aromatic carbocycles. The van der Waals surface area contributed by atoms with Crippen LogP contribution < -0.4 is 5.32 Å². The zero-order valence-corrected chi connectivity index (χ0v) is 19.7. The molecule has 0 saturated heterocycles. The molecule has 0 radical (unpaired) electrons. The van der Waals surface area contributed by atoms with E-state index in [-0.39, 0.29) is 16.4 Å². The molecule has 0 bridgehead atoms. The predicted octanol–water partition coefficient (Wildman–Crippen LogP) is 5.82. The van der Waals surface area contributed by atoms with Gasteiger partial charge in [-0.3, -0.25) is 19.9 Å². The summed E-state index contributed by atoms with van der Waals surface area (Å²) in [6.45, 7) is 0. The Morgan fingerprint density at radius 2 is 1.78 bits per heavy atom. The third-order valence-electron chi connectivity index (χ3n) is 6.10. The standard InChI is InChI=1S/C27H20ClN3O5/c28-20-14-13-17(15-23(20)31(34)35)29-26(32)25(16-7-2-1-3-8-16)36-27(33)24-18-9-4-5-11-21(18)30-22-12-6-10-19(22)24/h1-5,7-9,11,13-15,25H,6,10,12H2,(H,29,32). The number of amides is 1. The number of nitrogens with one attached hydrogen (secondary N) is 1. The first-order chi connectivity index (χ1) is 17.4. The Bertz CT molecular complexity index is 1510. The molecule has 5 rings (SSSR count). The SMILES string of the molecule is O=C(OC(C(=O)Nc1ccc(Cl)c([N+](=O)[O-])c1)c1ccccc1)c1c2c(nc3ccccc13)CCC2. The molecule has 1 amide bonds. The molecule has 36 heavy (non-hydrogen) atoms. The van der Waals surface area contributed by atoms with Crippen LogP contribution in [0.5, 0.6) is 0 Å². The number of aromatic nitrogens is 1. The van der Waals surface area contributed by atoms with E-state index in [0.717, 1.165) is 30.2 Å². The lowest BCUT2D eigenvalue weighted by atomic mass is 10.0. The van der Waals surface area contributed by atoms with Gasteiger partial charge in [0.15, 0.2) is 0 Å². The van der Waals surface area contributed by atoms with Gasteiger partial charge in [0.05, 0.1) is 16.0 Å². The third-order valence-corrected chi connectivity index (χ3v) is 6.42. The van der Waals surface area contributed by atoms with Crippen molar-refractivity contribution in [3.63, 3.8) is 0 Å². The number of halogens is 1. The molecule has 1 unspecified atom stereocenters. The van der Waals surface area contributed by atoms with Crippen LogP contribution in [0.1, 0.15) is 39.7 Å².